The number of nitrogens with zero attached hydrogens (tertiary/aromatic N) is 1. The Morgan fingerprint density at radius 1 is 1.41 bits per heavy atom. The zero-order chi connectivity index (χ0) is 12.8. The molecule has 1 rings (SSSR count). The molecule has 0 saturated heterocycles. The molecule has 3 nitrogen and oxygen atoms in total. The molecule has 0 aromatic heterocycles. The van der Waals surface area contributed by atoms with E-state index in [4.69, 9.17) is 4.74 Å². The van der Waals surface area contributed by atoms with Gasteiger partial charge in [-0.25, -0.2) is 4.79 Å². The van der Waals surface area contributed by atoms with E-state index < -0.39 is 0 Å². The Balaban J connectivity index is 2.94. The van der Waals surface area contributed by atoms with Crippen LogP contribution in [0.15, 0.2) is 24.3 Å². The number of hydrogen-bond donors (Lipinski definition) is 0. The van der Waals surface area contributed by atoms with Crippen LogP contribution in [0, 0.1) is 6.92 Å². The van der Waals surface area contributed by atoms with Crippen LogP contribution in [0.2, 0.25) is 0 Å². The van der Waals surface area contributed by atoms with Crippen molar-refractivity contribution >= 4 is 17.7 Å². The van der Waals surface area contributed by atoms with Crippen molar-refractivity contribution in [2.75, 3.05) is 25.6 Å². The maximum absolute atomic E-state index is 11.2. The number of carbonyl (C=O) groups excluding carboxylic acids is 1. The maximum atomic E-state index is 11.2. The number of esters is 1. The number of hydrogen-bond acceptors (Lipinski definition) is 3. The van der Waals surface area contributed by atoms with Crippen LogP contribution >= 0.6 is 0 Å². The van der Waals surface area contributed by atoms with Gasteiger partial charge in [0.25, 0.3) is 0 Å². The summed E-state index contributed by atoms with van der Waals surface area (Å²) in [5.74, 6) is -0.308. The molecular formula is C14H19NO2. The Hall–Kier alpha value is -1.77. The van der Waals surface area contributed by atoms with Crippen LogP contribution in [0.1, 0.15) is 18.1 Å². The van der Waals surface area contributed by atoms with Crippen LogP contribution in [0.25, 0.3) is 6.08 Å². The average Bonchev–Trinajstić information content (AvgIpc) is 2.27. The Kier molecular flexibility index (Phi) is 4.76. The SMILES string of the molecule is CCOC(=O)/C=C/c1ccc(C)cc1N(C)C. The fourth-order valence-corrected chi connectivity index (χ4v) is 1.53. The quantitative estimate of drug-likeness (QED) is 0.591. The van der Waals surface area contributed by atoms with Crippen molar-refractivity contribution in [1.82, 2.24) is 0 Å². The van der Waals surface area contributed by atoms with Gasteiger partial charge in [-0.15, -0.1) is 0 Å². The van der Waals surface area contributed by atoms with Crippen LogP contribution in [-0.4, -0.2) is 26.7 Å². The number of carbonyl (C=O) groups is 1. The first kappa shape index (κ1) is 13.3. The number of ether oxygens (including phenoxy) is 1. The number of anilines is 1. The van der Waals surface area contributed by atoms with Gasteiger partial charge in [0, 0.05) is 25.9 Å². The van der Waals surface area contributed by atoms with E-state index in [2.05, 4.69) is 6.07 Å². The molecule has 0 amide bonds. The molecule has 0 aliphatic heterocycles. The summed E-state index contributed by atoms with van der Waals surface area (Å²) >= 11 is 0. The van der Waals surface area contributed by atoms with Gasteiger partial charge in [0.15, 0.2) is 0 Å². The van der Waals surface area contributed by atoms with Crippen LogP contribution < -0.4 is 4.90 Å². The summed E-state index contributed by atoms with van der Waals surface area (Å²) in [6.07, 6.45) is 3.24. The van der Waals surface area contributed by atoms with Gasteiger partial charge in [0.1, 0.15) is 0 Å². The molecule has 0 radical (unpaired) electrons. The van der Waals surface area contributed by atoms with Gasteiger partial charge >= 0.3 is 5.97 Å². The van der Waals surface area contributed by atoms with Crippen molar-refractivity contribution in [3.05, 3.63) is 35.4 Å². The van der Waals surface area contributed by atoms with E-state index in [1.165, 1.54) is 11.6 Å². The minimum atomic E-state index is -0.308. The summed E-state index contributed by atoms with van der Waals surface area (Å²) in [6.45, 7) is 4.24. The monoisotopic (exact) mass is 233 g/mol. The molecule has 17 heavy (non-hydrogen) atoms. The highest BCUT2D eigenvalue weighted by atomic mass is 16.5. The normalized spacial score (nSPS) is 10.6. The molecule has 0 bridgehead atoms. The number of benzene rings is 1. The van der Waals surface area contributed by atoms with Crippen LogP contribution in [0.5, 0.6) is 0 Å². The molecule has 0 atom stereocenters. The second kappa shape index (κ2) is 6.09. The van der Waals surface area contributed by atoms with Gasteiger partial charge in [-0.3, -0.25) is 0 Å². The lowest BCUT2D eigenvalue weighted by atomic mass is 10.1. The van der Waals surface area contributed by atoms with E-state index in [0.29, 0.717) is 6.61 Å². The van der Waals surface area contributed by atoms with Crippen molar-refractivity contribution < 1.29 is 9.53 Å². The zero-order valence-electron chi connectivity index (χ0n) is 10.9. The average molecular weight is 233 g/mol. The highest BCUT2D eigenvalue weighted by molar-refractivity contribution is 5.88. The van der Waals surface area contributed by atoms with E-state index in [1.54, 1.807) is 13.0 Å². The predicted molar refractivity (Wildman–Crippen MR) is 71.2 cm³/mol. The topological polar surface area (TPSA) is 29.5 Å². The molecule has 0 aliphatic rings. The molecule has 0 spiro atoms. The van der Waals surface area contributed by atoms with Crippen molar-refractivity contribution in [2.45, 2.75) is 13.8 Å². The van der Waals surface area contributed by atoms with Crippen LogP contribution in [0.3, 0.4) is 0 Å². The Labute approximate surface area is 103 Å². The van der Waals surface area contributed by atoms with E-state index >= 15 is 0 Å². The zero-order valence-corrected chi connectivity index (χ0v) is 10.9. The third-order valence-corrected chi connectivity index (χ3v) is 2.35. The number of aryl methyl sites for hydroxylation is 1. The molecule has 3 heteroatoms. The standard InChI is InChI=1S/C14H19NO2/c1-5-17-14(16)9-8-12-7-6-11(2)10-13(12)15(3)4/h6-10H,5H2,1-4H3/b9-8+. The van der Waals surface area contributed by atoms with Crippen molar-refractivity contribution in [3.8, 4) is 0 Å². The lowest BCUT2D eigenvalue weighted by molar-refractivity contribution is -0.137. The first-order valence-corrected chi connectivity index (χ1v) is 5.67. The van der Waals surface area contributed by atoms with Gasteiger partial charge in [0.2, 0.25) is 0 Å². The summed E-state index contributed by atoms with van der Waals surface area (Å²) in [4.78, 5) is 13.3. The molecule has 0 unspecified atom stereocenters. The van der Waals surface area contributed by atoms with Crippen LogP contribution in [0.4, 0.5) is 5.69 Å². The van der Waals surface area contributed by atoms with E-state index in [-0.39, 0.29) is 5.97 Å². The summed E-state index contributed by atoms with van der Waals surface area (Å²) < 4.78 is 4.85. The summed E-state index contributed by atoms with van der Waals surface area (Å²) in [5, 5.41) is 0. The van der Waals surface area contributed by atoms with Gasteiger partial charge in [-0.1, -0.05) is 12.1 Å². The minimum absolute atomic E-state index is 0.308. The van der Waals surface area contributed by atoms with E-state index in [9.17, 15) is 4.79 Å². The molecule has 92 valence electrons. The van der Waals surface area contributed by atoms with Crippen LogP contribution in [-0.2, 0) is 9.53 Å². The predicted octanol–water partition coefficient (Wildman–Crippen LogP) is 2.64. The highest BCUT2D eigenvalue weighted by Crippen LogP contribution is 2.21. The summed E-state index contributed by atoms with van der Waals surface area (Å²) in [5.41, 5.74) is 3.29. The van der Waals surface area contributed by atoms with Gasteiger partial charge in [0.05, 0.1) is 6.61 Å². The Bertz CT molecular complexity index is 422. The molecule has 1 aromatic carbocycles. The molecule has 1 aromatic rings. The smallest absolute Gasteiger partial charge is 0.330 e. The first-order chi connectivity index (χ1) is 8.04. The lowest BCUT2D eigenvalue weighted by Gasteiger charge is -2.16. The minimum Gasteiger partial charge on any atom is -0.463 e. The molecule has 0 heterocycles. The second-order valence-electron chi connectivity index (χ2n) is 4.04. The third-order valence-electron chi connectivity index (χ3n) is 2.35. The molecule has 0 fully saturated rings. The first-order valence-electron chi connectivity index (χ1n) is 5.67. The molecule has 0 saturated carbocycles. The largest absolute Gasteiger partial charge is 0.463 e. The molecule has 0 aliphatic carbocycles. The lowest BCUT2D eigenvalue weighted by Crippen LogP contribution is -2.10. The second-order valence-corrected chi connectivity index (χ2v) is 4.04. The third kappa shape index (κ3) is 3.94. The van der Waals surface area contributed by atoms with E-state index in [0.717, 1.165) is 11.3 Å². The summed E-state index contributed by atoms with van der Waals surface area (Å²) in [7, 11) is 3.97. The fraction of sp³-hybridized carbons (Fsp3) is 0.357. The van der Waals surface area contributed by atoms with Crippen molar-refractivity contribution in [1.29, 1.82) is 0 Å². The summed E-state index contributed by atoms with van der Waals surface area (Å²) in [6, 6.07) is 6.11. The fourth-order valence-electron chi connectivity index (χ4n) is 1.53. The van der Waals surface area contributed by atoms with Gasteiger partial charge in [-0.05, 0) is 37.1 Å². The number of rotatable bonds is 4. The van der Waals surface area contributed by atoms with Gasteiger partial charge < -0.3 is 9.64 Å². The molecular weight excluding hydrogens is 214 g/mol. The van der Waals surface area contributed by atoms with Gasteiger partial charge in [-0.2, -0.15) is 0 Å². The Morgan fingerprint density at radius 3 is 2.71 bits per heavy atom. The van der Waals surface area contributed by atoms with Crippen molar-refractivity contribution in [2.24, 2.45) is 0 Å². The Morgan fingerprint density at radius 2 is 2.12 bits per heavy atom. The van der Waals surface area contributed by atoms with E-state index in [1.807, 2.05) is 38.1 Å². The highest BCUT2D eigenvalue weighted by Gasteiger charge is 2.03. The molecule has 0 N–H and O–H groups in total. The maximum Gasteiger partial charge on any atom is 0.330 e. The van der Waals surface area contributed by atoms with Crippen molar-refractivity contribution in [3.63, 3.8) is 0 Å².